The smallest absolute Gasteiger partial charge is 0.259 e. The Kier molecular flexibility index (Phi) is 5.40. The summed E-state index contributed by atoms with van der Waals surface area (Å²) < 4.78 is 7.46. The molecule has 6 nitrogen and oxygen atoms in total. The number of hydrogen-bond donors (Lipinski definition) is 0. The van der Waals surface area contributed by atoms with Gasteiger partial charge in [-0.2, -0.15) is 0 Å². The van der Waals surface area contributed by atoms with Crippen LogP contribution in [0.5, 0.6) is 5.75 Å². The number of nitrogens with zero attached hydrogens (tertiary/aromatic N) is 4. The molecule has 0 spiro atoms. The molecule has 0 saturated heterocycles. The van der Waals surface area contributed by atoms with E-state index >= 15 is 0 Å². The van der Waals surface area contributed by atoms with E-state index in [0.717, 1.165) is 29.4 Å². The Morgan fingerprint density at radius 1 is 1.04 bits per heavy atom. The summed E-state index contributed by atoms with van der Waals surface area (Å²) in [6, 6.07) is 8.48. The molecule has 1 aromatic heterocycles. The molecule has 0 bridgehead atoms. The zero-order valence-corrected chi connectivity index (χ0v) is 17.1. The molecule has 0 unspecified atom stereocenters. The van der Waals surface area contributed by atoms with E-state index in [9.17, 15) is 4.79 Å². The highest BCUT2D eigenvalue weighted by Crippen LogP contribution is 2.36. The zero-order valence-electron chi connectivity index (χ0n) is 17.1. The van der Waals surface area contributed by atoms with Gasteiger partial charge in [-0.1, -0.05) is 37.8 Å². The summed E-state index contributed by atoms with van der Waals surface area (Å²) in [6.45, 7) is 5.12. The Morgan fingerprint density at radius 2 is 1.75 bits per heavy atom. The van der Waals surface area contributed by atoms with E-state index in [1.54, 1.807) is 7.11 Å². The summed E-state index contributed by atoms with van der Waals surface area (Å²) in [5.74, 6) is 1.51. The molecule has 2 aliphatic rings. The summed E-state index contributed by atoms with van der Waals surface area (Å²) >= 11 is 0. The fourth-order valence-corrected chi connectivity index (χ4v) is 4.44. The van der Waals surface area contributed by atoms with Crippen molar-refractivity contribution in [3.8, 4) is 5.75 Å². The van der Waals surface area contributed by atoms with Crippen LogP contribution >= 0.6 is 0 Å². The number of benzene rings is 1. The Balaban J connectivity index is 1.81. The van der Waals surface area contributed by atoms with E-state index in [2.05, 4.69) is 9.80 Å². The van der Waals surface area contributed by atoms with Crippen LogP contribution in [0.3, 0.4) is 0 Å². The van der Waals surface area contributed by atoms with E-state index < -0.39 is 0 Å². The van der Waals surface area contributed by atoms with E-state index in [4.69, 9.17) is 9.72 Å². The van der Waals surface area contributed by atoms with Gasteiger partial charge in [0.25, 0.3) is 5.56 Å². The van der Waals surface area contributed by atoms with Gasteiger partial charge in [-0.25, -0.2) is 4.98 Å². The van der Waals surface area contributed by atoms with Crippen LogP contribution in [0.15, 0.2) is 29.1 Å². The Hall–Kier alpha value is -2.34. The summed E-state index contributed by atoms with van der Waals surface area (Å²) in [6.07, 6.45) is 7.56. The van der Waals surface area contributed by atoms with Gasteiger partial charge in [0.05, 0.1) is 26.1 Å². The number of hydrogen-bond acceptors (Lipinski definition) is 5. The van der Waals surface area contributed by atoms with Gasteiger partial charge in [-0.15, -0.1) is 0 Å². The van der Waals surface area contributed by atoms with Gasteiger partial charge in [0, 0.05) is 17.3 Å². The topological polar surface area (TPSA) is 50.6 Å². The number of para-hydroxylation sites is 2. The van der Waals surface area contributed by atoms with Gasteiger partial charge in [0.1, 0.15) is 5.75 Å². The maximum atomic E-state index is 13.1. The van der Waals surface area contributed by atoms with Gasteiger partial charge in [0.2, 0.25) is 5.95 Å². The van der Waals surface area contributed by atoms with E-state index in [1.165, 1.54) is 38.5 Å². The summed E-state index contributed by atoms with van der Waals surface area (Å²) in [5.41, 5.74) is 2.53. The van der Waals surface area contributed by atoms with Crippen molar-refractivity contribution in [3.63, 3.8) is 0 Å². The number of aromatic nitrogens is 2. The minimum Gasteiger partial charge on any atom is -0.495 e. The molecule has 28 heavy (non-hydrogen) atoms. The lowest BCUT2D eigenvalue weighted by Gasteiger charge is -2.42. The van der Waals surface area contributed by atoms with Crippen LogP contribution in [0, 0.1) is 13.8 Å². The third-order valence-corrected chi connectivity index (χ3v) is 6.22. The maximum Gasteiger partial charge on any atom is 0.259 e. The number of ether oxygens (including phenoxy) is 1. The van der Waals surface area contributed by atoms with Crippen LogP contribution in [-0.4, -0.2) is 34.3 Å². The fourth-order valence-electron chi connectivity index (χ4n) is 4.44. The molecule has 1 aliphatic heterocycles. The molecular formula is C22H30N4O2. The standard InChI is InChI=1S/C22H30N4O2/c1-16-17(2)23-22-25(19-12-8-9-13-20(19)28-3)14-24(15-26(22)21(16)27)18-10-6-4-5-7-11-18/h8-9,12-13,18H,4-7,10-11,14-15H2,1-3H3. The lowest BCUT2D eigenvalue weighted by molar-refractivity contribution is 0.123. The predicted octanol–water partition coefficient (Wildman–Crippen LogP) is 3.96. The SMILES string of the molecule is COc1ccccc1N1CN(C2CCCCCC2)Cn2c1nc(C)c(C)c2=O. The average molecular weight is 383 g/mol. The van der Waals surface area contributed by atoms with Crippen molar-refractivity contribution < 1.29 is 4.74 Å². The molecule has 0 N–H and O–H groups in total. The predicted molar refractivity (Wildman–Crippen MR) is 111 cm³/mol. The number of anilines is 2. The van der Waals surface area contributed by atoms with Crippen molar-refractivity contribution in [2.75, 3.05) is 18.7 Å². The zero-order chi connectivity index (χ0) is 19.7. The molecule has 0 atom stereocenters. The van der Waals surface area contributed by atoms with E-state index in [-0.39, 0.29) is 5.56 Å². The Bertz CT molecular complexity index is 900. The molecule has 1 saturated carbocycles. The third-order valence-electron chi connectivity index (χ3n) is 6.22. The lowest BCUT2D eigenvalue weighted by Crippen LogP contribution is -2.51. The second kappa shape index (κ2) is 7.95. The van der Waals surface area contributed by atoms with E-state index in [1.807, 2.05) is 42.7 Å². The van der Waals surface area contributed by atoms with Gasteiger partial charge < -0.3 is 4.74 Å². The molecule has 6 heteroatoms. The highest BCUT2D eigenvalue weighted by atomic mass is 16.5. The van der Waals surface area contributed by atoms with Gasteiger partial charge in [-0.3, -0.25) is 19.2 Å². The van der Waals surface area contributed by atoms with Crippen molar-refractivity contribution in [3.05, 3.63) is 45.9 Å². The van der Waals surface area contributed by atoms with Gasteiger partial charge in [0.15, 0.2) is 0 Å². The van der Waals surface area contributed by atoms with Crippen LogP contribution in [0.1, 0.15) is 49.8 Å². The highest BCUT2D eigenvalue weighted by molar-refractivity contribution is 5.66. The highest BCUT2D eigenvalue weighted by Gasteiger charge is 2.32. The van der Waals surface area contributed by atoms with Crippen molar-refractivity contribution in [1.29, 1.82) is 0 Å². The molecule has 0 amide bonds. The van der Waals surface area contributed by atoms with Crippen LogP contribution in [0.25, 0.3) is 0 Å². The van der Waals surface area contributed by atoms with Crippen molar-refractivity contribution in [1.82, 2.24) is 14.5 Å². The average Bonchev–Trinajstić information content (AvgIpc) is 3.01. The first-order valence-corrected chi connectivity index (χ1v) is 10.3. The first-order valence-electron chi connectivity index (χ1n) is 10.3. The van der Waals surface area contributed by atoms with Crippen LogP contribution in [-0.2, 0) is 6.67 Å². The molecule has 1 aromatic carbocycles. The molecule has 2 heterocycles. The monoisotopic (exact) mass is 382 g/mol. The third kappa shape index (κ3) is 3.41. The summed E-state index contributed by atoms with van der Waals surface area (Å²) in [5, 5.41) is 0. The lowest BCUT2D eigenvalue weighted by atomic mass is 10.1. The van der Waals surface area contributed by atoms with Crippen molar-refractivity contribution in [2.45, 2.75) is 65.1 Å². The number of rotatable bonds is 3. The number of fused-ring (bicyclic) bond motifs is 1. The Morgan fingerprint density at radius 3 is 2.46 bits per heavy atom. The molecule has 1 fully saturated rings. The van der Waals surface area contributed by atoms with Gasteiger partial charge >= 0.3 is 0 Å². The largest absolute Gasteiger partial charge is 0.495 e. The summed E-state index contributed by atoms with van der Waals surface area (Å²) in [4.78, 5) is 22.5. The number of aryl methyl sites for hydroxylation is 1. The van der Waals surface area contributed by atoms with Gasteiger partial charge in [-0.05, 0) is 38.8 Å². The summed E-state index contributed by atoms with van der Waals surface area (Å²) in [7, 11) is 1.69. The fraction of sp³-hybridized carbons (Fsp3) is 0.545. The molecule has 150 valence electrons. The quantitative estimate of drug-likeness (QED) is 0.752. The minimum atomic E-state index is 0.0562. The maximum absolute atomic E-state index is 13.1. The molecule has 4 rings (SSSR count). The van der Waals surface area contributed by atoms with Crippen LogP contribution < -0.4 is 15.2 Å². The molecule has 0 radical (unpaired) electrons. The second-order valence-electron chi connectivity index (χ2n) is 7.97. The first kappa shape index (κ1) is 19.0. The van der Waals surface area contributed by atoms with Crippen LogP contribution in [0.2, 0.25) is 0 Å². The normalized spacial score (nSPS) is 18.6. The van der Waals surface area contributed by atoms with Crippen molar-refractivity contribution in [2.24, 2.45) is 0 Å². The minimum absolute atomic E-state index is 0.0562. The van der Waals surface area contributed by atoms with E-state index in [0.29, 0.717) is 18.7 Å². The second-order valence-corrected chi connectivity index (χ2v) is 7.97. The van der Waals surface area contributed by atoms with Crippen molar-refractivity contribution >= 4 is 11.6 Å². The molecule has 1 aliphatic carbocycles. The number of methoxy groups -OCH3 is 1. The first-order chi connectivity index (χ1) is 13.6. The molecule has 2 aromatic rings. The Labute approximate surface area is 166 Å². The molecular weight excluding hydrogens is 352 g/mol. The van der Waals surface area contributed by atoms with Crippen LogP contribution in [0.4, 0.5) is 11.6 Å².